The van der Waals surface area contributed by atoms with Gasteiger partial charge in [-0.05, 0) is 82.6 Å². The van der Waals surface area contributed by atoms with E-state index in [1.807, 2.05) is 0 Å². The molecule has 2 fully saturated rings. The predicted molar refractivity (Wildman–Crippen MR) is 74.2 cm³/mol. The van der Waals surface area contributed by atoms with Gasteiger partial charge in [0, 0.05) is 0 Å². The molecule has 2 unspecified atom stereocenters. The highest BCUT2D eigenvalue weighted by atomic mass is 15.1. The van der Waals surface area contributed by atoms with Crippen molar-refractivity contribution in [1.29, 1.82) is 0 Å². The Hall–Kier alpha value is -0.0800. The number of nitrogens with one attached hydrogen (secondary N) is 1. The van der Waals surface area contributed by atoms with Gasteiger partial charge in [-0.1, -0.05) is 13.8 Å². The Balaban J connectivity index is 2.06. The van der Waals surface area contributed by atoms with Gasteiger partial charge >= 0.3 is 0 Å². The molecule has 1 N–H and O–H groups in total. The van der Waals surface area contributed by atoms with Crippen LogP contribution in [0.2, 0.25) is 0 Å². The first-order valence-corrected chi connectivity index (χ1v) is 7.52. The number of rotatable bonds is 2. The zero-order chi connectivity index (χ0) is 12.3. The van der Waals surface area contributed by atoms with Gasteiger partial charge in [-0.15, -0.1) is 0 Å². The van der Waals surface area contributed by atoms with Gasteiger partial charge in [0.2, 0.25) is 0 Å². The normalized spacial score (nSPS) is 36.4. The second kappa shape index (κ2) is 5.71. The Labute approximate surface area is 107 Å². The molecule has 2 aliphatic heterocycles. The molecule has 2 nitrogen and oxygen atoms in total. The van der Waals surface area contributed by atoms with E-state index in [2.05, 4.69) is 31.1 Å². The minimum Gasteiger partial charge on any atom is -0.316 e. The van der Waals surface area contributed by atoms with Crippen LogP contribution in [-0.2, 0) is 0 Å². The van der Waals surface area contributed by atoms with Gasteiger partial charge < -0.3 is 10.2 Å². The van der Waals surface area contributed by atoms with Gasteiger partial charge in [0.25, 0.3) is 0 Å². The van der Waals surface area contributed by atoms with Crippen LogP contribution in [0.1, 0.15) is 46.0 Å². The highest BCUT2D eigenvalue weighted by Crippen LogP contribution is 2.45. The van der Waals surface area contributed by atoms with Crippen LogP contribution in [0.25, 0.3) is 0 Å². The Morgan fingerprint density at radius 1 is 1.24 bits per heavy atom. The smallest absolute Gasteiger partial charge is 0.00151 e. The molecular weight excluding hydrogens is 208 g/mol. The number of nitrogens with zero attached hydrogens (tertiary/aromatic N) is 1. The monoisotopic (exact) mass is 238 g/mol. The van der Waals surface area contributed by atoms with E-state index in [0.717, 1.165) is 11.8 Å². The first-order valence-electron chi connectivity index (χ1n) is 7.52. The molecule has 2 saturated heterocycles. The molecule has 0 amide bonds. The summed E-state index contributed by atoms with van der Waals surface area (Å²) < 4.78 is 0. The molecule has 2 aliphatic rings. The van der Waals surface area contributed by atoms with Gasteiger partial charge in [-0.3, -0.25) is 0 Å². The van der Waals surface area contributed by atoms with Crippen LogP contribution in [0.4, 0.5) is 0 Å². The van der Waals surface area contributed by atoms with E-state index >= 15 is 0 Å². The molecule has 2 heterocycles. The maximum Gasteiger partial charge on any atom is -0.00151 e. The fourth-order valence-corrected chi connectivity index (χ4v) is 3.95. The van der Waals surface area contributed by atoms with Crippen LogP contribution in [0, 0.1) is 17.3 Å². The van der Waals surface area contributed by atoms with Crippen LogP contribution < -0.4 is 5.32 Å². The Morgan fingerprint density at radius 3 is 2.82 bits per heavy atom. The summed E-state index contributed by atoms with van der Waals surface area (Å²) >= 11 is 0. The molecule has 0 aromatic rings. The lowest BCUT2D eigenvalue weighted by Gasteiger charge is -2.45. The third kappa shape index (κ3) is 3.23. The maximum absolute atomic E-state index is 3.63. The fraction of sp³-hybridized carbons (Fsp3) is 1.00. The predicted octanol–water partition coefficient (Wildman–Crippen LogP) is 2.74. The zero-order valence-corrected chi connectivity index (χ0v) is 12.0. The summed E-state index contributed by atoms with van der Waals surface area (Å²) in [5.74, 6) is 1.76. The molecule has 0 aliphatic carbocycles. The molecule has 1 spiro atoms. The van der Waals surface area contributed by atoms with Crippen molar-refractivity contribution in [2.75, 3.05) is 33.2 Å². The highest BCUT2D eigenvalue weighted by molar-refractivity contribution is 4.93. The van der Waals surface area contributed by atoms with Crippen molar-refractivity contribution < 1.29 is 0 Å². The van der Waals surface area contributed by atoms with Crippen molar-refractivity contribution in [3.05, 3.63) is 0 Å². The topological polar surface area (TPSA) is 15.3 Å². The van der Waals surface area contributed by atoms with E-state index in [-0.39, 0.29) is 0 Å². The third-order valence-corrected chi connectivity index (χ3v) is 5.02. The van der Waals surface area contributed by atoms with Crippen LogP contribution in [0.15, 0.2) is 0 Å². The first-order chi connectivity index (χ1) is 8.12. The summed E-state index contributed by atoms with van der Waals surface area (Å²) in [6, 6.07) is 0. The molecule has 17 heavy (non-hydrogen) atoms. The minimum atomic E-state index is 0.667. The largest absolute Gasteiger partial charge is 0.316 e. The summed E-state index contributed by atoms with van der Waals surface area (Å²) in [7, 11) is 2.29. The highest BCUT2D eigenvalue weighted by Gasteiger charge is 2.40. The fourth-order valence-electron chi connectivity index (χ4n) is 3.95. The first kappa shape index (κ1) is 13.4. The summed E-state index contributed by atoms with van der Waals surface area (Å²) in [5, 5.41) is 3.63. The molecule has 0 bridgehead atoms. The van der Waals surface area contributed by atoms with Gasteiger partial charge in [0.05, 0.1) is 0 Å². The molecule has 0 radical (unpaired) electrons. The molecule has 2 heteroatoms. The summed E-state index contributed by atoms with van der Waals surface area (Å²) in [6.45, 7) is 9.90. The SMILES string of the molecule is CC(C)CC1CNCCC12CCCN(C)CC2. The molecule has 2 rings (SSSR count). The van der Waals surface area contributed by atoms with E-state index < -0.39 is 0 Å². The van der Waals surface area contributed by atoms with Gasteiger partial charge in [0.15, 0.2) is 0 Å². The van der Waals surface area contributed by atoms with E-state index in [1.54, 1.807) is 0 Å². The molecule has 2 atom stereocenters. The summed E-state index contributed by atoms with van der Waals surface area (Å²) in [4.78, 5) is 2.53. The lowest BCUT2D eigenvalue weighted by molar-refractivity contribution is 0.0715. The van der Waals surface area contributed by atoms with E-state index in [1.165, 1.54) is 58.3 Å². The maximum atomic E-state index is 3.63. The van der Waals surface area contributed by atoms with Crippen molar-refractivity contribution in [3.63, 3.8) is 0 Å². The van der Waals surface area contributed by atoms with E-state index in [9.17, 15) is 0 Å². The average Bonchev–Trinajstić information content (AvgIpc) is 2.46. The quantitative estimate of drug-likeness (QED) is 0.796. The van der Waals surface area contributed by atoms with Gasteiger partial charge in [-0.25, -0.2) is 0 Å². The Morgan fingerprint density at radius 2 is 2.06 bits per heavy atom. The molecule has 0 aromatic carbocycles. The lowest BCUT2D eigenvalue weighted by atomic mass is 9.64. The van der Waals surface area contributed by atoms with Crippen LogP contribution >= 0.6 is 0 Å². The van der Waals surface area contributed by atoms with Crippen molar-refractivity contribution in [3.8, 4) is 0 Å². The number of hydrogen-bond donors (Lipinski definition) is 1. The van der Waals surface area contributed by atoms with Crippen molar-refractivity contribution in [2.24, 2.45) is 17.3 Å². The average molecular weight is 238 g/mol. The van der Waals surface area contributed by atoms with Crippen molar-refractivity contribution in [1.82, 2.24) is 10.2 Å². The Bertz CT molecular complexity index is 239. The standard InChI is InChI=1S/C15H30N2/c1-13(2)11-14-12-16-8-6-15(14)5-4-9-17(3)10-7-15/h13-14,16H,4-12H2,1-3H3. The van der Waals surface area contributed by atoms with Crippen LogP contribution in [0.5, 0.6) is 0 Å². The number of hydrogen-bond acceptors (Lipinski definition) is 2. The second-order valence-electron chi connectivity index (χ2n) is 6.80. The van der Waals surface area contributed by atoms with Crippen molar-refractivity contribution >= 4 is 0 Å². The number of piperidine rings is 1. The van der Waals surface area contributed by atoms with Crippen molar-refractivity contribution in [2.45, 2.75) is 46.0 Å². The summed E-state index contributed by atoms with van der Waals surface area (Å²) in [5.41, 5.74) is 0.667. The minimum absolute atomic E-state index is 0.667. The van der Waals surface area contributed by atoms with Crippen LogP contribution in [0.3, 0.4) is 0 Å². The number of likely N-dealkylation sites (tertiary alicyclic amines) is 1. The van der Waals surface area contributed by atoms with E-state index in [4.69, 9.17) is 0 Å². The van der Waals surface area contributed by atoms with Crippen LogP contribution in [-0.4, -0.2) is 38.1 Å². The molecule has 100 valence electrons. The molecule has 0 saturated carbocycles. The van der Waals surface area contributed by atoms with E-state index in [0.29, 0.717) is 5.41 Å². The molecule has 0 aromatic heterocycles. The van der Waals surface area contributed by atoms with Gasteiger partial charge in [-0.2, -0.15) is 0 Å². The Kier molecular flexibility index (Phi) is 4.48. The zero-order valence-electron chi connectivity index (χ0n) is 12.0. The lowest BCUT2D eigenvalue weighted by Crippen LogP contribution is -2.46. The molecular formula is C15H30N2. The third-order valence-electron chi connectivity index (χ3n) is 5.02. The van der Waals surface area contributed by atoms with Gasteiger partial charge in [0.1, 0.15) is 0 Å². The second-order valence-corrected chi connectivity index (χ2v) is 6.80. The summed E-state index contributed by atoms with van der Waals surface area (Å²) in [6.07, 6.45) is 7.14.